The first-order valence-corrected chi connectivity index (χ1v) is 12.2. The molecule has 0 aliphatic carbocycles. The monoisotopic (exact) mass is 529 g/mol. The van der Waals surface area contributed by atoms with E-state index in [2.05, 4.69) is 25.6 Å². The Kier molecular flexibility index (Phi) is 8.36. The van der Waals surface area contributed by atoms with Crippen LogP contribution in [-0.4, -0.2) is 82.9 Å². The molecule has 2 aromatic heterocycles. The Labute approximate surface area is 217 Å². The summed E-state index contributed by atoms with van der Waals surface area (Å²) < 4.78 is 7.09. The average Bonchev–Trinajstić information content (AvgIpc) is 3.44. The van der Waals surface area contributed by atoms with Crippen molar-refractivity contribution < 1.29 is 34.8 Å². The Balaban J connectivity index is 1.44. The van der Waals surface area contributed by atoms with Gasteiger partial charge >= 0.3 is 5.97 Å². The SMILES string of the molecule is CCC(=O)N[C@H](O)[C@H]1O[C@@H](n2cnc3c(N)nc(NCCc4ccc(CCC(=O)O)cc4)nc32)[C@H](O)[C@@H]1O. The fourth-order valence-electron chi connectivity index (χ4n) is 4.17. The van der Waals surface area contributed by atoms with Crippen LogP contribution in [0.3, 0.4) is 0 Å². The molecule has 1 amide bonds. The van der Waals surface area contributed by atoms with Gasteiger partial charge in [0.25, 0.3) is 0 Å². The van der Waals surface area contributed by atoms with Crippen molar-refractivity contribution in [3.8, 4) is 0 Å². The largest absolute Gasteiger partial charge is 0.481 e. The molecular formula is C24H31N7O7. The molecular weight excluding hydrogens is 498 g/mol. The average molecular weight is 530 g/mol. The number of fused-ring (bicyclic) bond motifs is 1. The second kappa shape index (κ2) is 11.7. The number of imidazole rings is 1. The molecule has 1 saturated heterocycles. The number of nitrogens with one attached hydrogen (secondary N) is 2. The third-order valence-electron chi connectivity index (χ3n) is 6.29. The minimum atomic E-state index is -1.53. The summed E-state index contributed by atoms with van der Waals surface area (Å²) in [5.41, 5.74) is 8.57. The number of carboxylic acid groups (broad SMARTS) is 1. The predicted octanol–water partition coefficient (Wildman–Crippen LogP) is -0.456. The van der Waals surface area contributed by atoms with Crippen molar-refractivity contribution in [3.63, 3.8) is 0 Å². The maximum Gasteiger partial charge on any atom is 0.303 e. The molecule has 14 heteroatoms. The normalized spacial score (nSPS) is 21.9. The van der Waals surface area contributed by atoms with Gasteiger partial charge in [0.15, 0.2) is 23.9 Å². The molecule has 5 atom stereocenters. The van der Waals surface area contributed by atoms with E-state index < -0.39 is 42.6 Å². The van der Waals surface area contributed by atoms with Gasteiger partial charge in [-0.2, -0.15) is 9.97 Å². The van der Waals surface area contributed by atoms with Gasteiger partial charge in [-0.05, 0) is 24.0 Å². The maximum absolute atomic E-state index is 11.6. The van der Waals surface area contributed by atoms with Gasteiger partial charge in [0.1, 0.15) is 23.8 Å². The van der Waals surface area contributed by atoms with Gasteiger partial charge in [-0.25, -0.2) is 4.98 Å². The molecule has 0 bridgehead atoms. The molecule has 1 aliphatic rings. The highest BCUT2D eigenvalue weighted by Crippen LogP contribution is 2.33. The summed E-state index contributed by atoms with van der Waals surface area (Å²) in [5, 5.41) is 45.6. The number of carbonyl (C=O) groups is 2. The maximum atomic E-state index is 11.6. The van der Waals surface area contributed by atoms with Crippen molar-refractivity contribution in [2.24, 2.45) is 0 Å². The van der Waals surface area contributed by atoms with Crippen LogP contribution in [-0.2, 0) is 27.2 Å². The van der Waals surface area contributed by atoms with E-state index in [4.69, 9.17) is 15.6 Å². The lowest BCUT2D eigenvalue weighted by Crippen LogP contribution is -2.48. The molecule has 4 rings (SSSR count). The highest BCUT2D eigenvalue weighted by molar-refractivity contribution is 5.83. The Morgan fingerprint density at radius 2 is 1.82 bits per heavy atom. The van der Waals surface area contributed by atoms with Gasteiger partial charge in [0.05, 0.1) is 6.33 Å². The van der Waals surface area contributed by atoms with Crippen LogP contribution in [0.4, 0.5) is 11.8 Å². The number of aryl methyl sites for hydroxylation is 1. The molecule has 8 N–H and O–H groups in total. The van der Waals surface area contributed by atoms with Crippen LogP contribution in [0, 0.1) is 0 Å². The van der Waals surface area contributed by atoms with Gasteiger partial charge in [0.2, 0.25) is 11.9 Å². The van der Waals surface area contributed by atoms with Crippen molar-refractivity contribution in [1.82, 2.24) is 24.8 Å². The van der Waals surface area contributed by atoms with E-state index in [1.54, 1.807) is 6.92 Å². The zero-order chi connectivity index (χ0) is 27.4. The first kappa shape index (κ1) is 27.2. The molecule has 0 saturated carbocycles. The number of rotatable bonds is 11. The fourth-order valence-corrected chi connectivity index (χ4v) is 4.17. The van der Waals surface area contributed by atoms with Crippen LogP contribution < -0.4 is 16.4 Å². The molecule has 1 fully saturated rings. The number of nitrogens with two attached hydrogens (primary N) is 1. The van der Waals surface area contributed by atoms with Gasteiger partial charge in [-0.3, -0.25) is 14.2 Å². The Morgan fingerprint density at radius 3 is 2.47 bits per heavy atom. The second-order valence-electron chi connectivity index (χ2n) is 8.98. The van der Waals surface area contributed by atoms with Crippen LogP contribution in [0.1, 0.15) is 37.1 Å². The Hall–Kier alpha value is -3.85. The quantitative estimate of drug-likeness (QED) is 0.157. The minimum absolute atomic E-state index is 0.0806. The van der Waals surface area contributed by atoms with Crippen molar-refractivity contribution in [2.75, 3.05) is 17.6 Å². The minimum Gasteiger partial charge on any atom is -0.481 e. The third-order valence-corrected chi connectivity index (χ3v) is 6.29. The van der Waals surface area contributed by atoms with Crippen LogP contribution in [0.2, 0.25) is 0 Å². The Morgan fingerprint density at radius 1 is 1.13 bits per heavy atom. The number of aliphatic carboxylic acids is 1. The molecule has 38 heavy (non-hydrogen) atoms. The molecule has 0 unspecified atom stereocenters. The van der Waals surface area contributed by atoms with E-state index in [-0.39, 0.29) is 35.8 Å². The number of carbonyl (C=O) groups excluding carboxylic acids is 1. The molecule has 14 nitrogen and oxygen atoms in total. The first-order chi connectivity index (χ1) is 18.2. The van der Waals surface area contributed by atoms with Crippen LogP contribution in [0.5, 0.6) is 0 Å². The number of amides is 1. The van der Waals surface area contributed by atoms with Gasteiger partial charge in [0, 0.05) is 19.4 Å². The summed E-state index contributed by atoms with van der Waals surface area (Å²) >= 11 is 0. The smallest absolute Gasteiger partial charge is 0.303 e. The van der Waals surface area contributed by atoms with E-state index in [9.17, 15) is 24.9 Å². The summed E-state index contributed by atoms with van der Waals surface area (Å²) in [6.45, 7) is 2.08. The number of nitrogens with zero attached hydrogens (tertiary/aromatic N) is 4. The third kappa shape index (κ3) is 5.99. The number of aliphatic hydroxyl groups excluding tert-OH is 3. The lowest BCUT2D eigenvalue weighted by molar-refractivity contribution is -0.137. The number of benzene rings is 1. The number of hydrogen-bond donors (Lipinski definition) is 7. The van der Waals surface area contributed by atoms with Crippen molar-refractivity contribution in [3.05, 3.63) is 41.7 Å². The molecule has 1 aliphatic heterocycles. The van der Waals surface area contributed by atoms with E-state index in [1.165, 1.54) is 10.9 Å². The topological polar surface area (TPSA) is 218 Å². The van der Waals surface area contributed by atoms with E-state index in [0.717, 1.165) is 11.1 Å². The first-order valence-electron chi connectivity index (χ1n) is 12.2. The van der Waals surface area contributed by atoms with E-state index in [1.807, 2.05) is 24.3 Å². The van der Waals surface area contributed by atoms with Gasteiger partial charge in [-0.1, -0.05) is 31.2 Å². The highest BCUT2D eigenvalue weighted by atomic mass is 16.6. The lowest BCUT2D eigenvalue weighted by Gasteiger charge is -2.21. The van der Waals surface area contributed by atoms with Gasteiger partial charge < -0.3 is 41.5 Å². The van der Waals surface area contributed by atoms with Crippen LogP contribution in [0.25, 0.3) is 11.2 Å². The van der Waals surface area contributed by atoms with Crippen LogP contribution in [0.15, 0.2) is 30.6 Å². The molecule has 0 radical (unpaired) electrons. The number of nitrogen functional groups attached to an aromatic ring is 1. The molecule has 1 aromatic carbocycles. The molecule has 0 spiro atoms. The number of ether oxygens (including phenoxy) is 1. The summed E-state index contributed by atoms with van der Waals surface area (Å²) in [7, 11) is 0. The predicted molar refractivity (Wildman–Crippen MR) is 135 cm³/mol. The standard InChI is InChI=1S/C24H31N7O7/c1-2-14(32)28-22(37)19-17(35)18(36)23(38-19)31-11-27-16-20(25)29-24(30-21(16)31)26-10-9-13-5-3-12(4-6-13)7-8-15(33)34/h3-6,11,17-19,22-23,35-37H,2,7-10H2,1H3,(H,28,32)(H,33,34)(H3,25,26,29,30)/t17-,18+,19-,22+,23+/m0/s1. The zero-order valence-corrected chi connectivity index (χ0v) is 20.7. The van der Waals surface area contributed by atoms with E-state index in [0.29, 0.717) is 19.4 Å². The van der Waals surface area contributed by atoms with Crippen LogP contribution >= 0.6 is 0 Å². The Bertz CT molecular complexity index is 1280. The van der Waals surface area contributed by atoms with Crippen molar-refractivity contribution in [1.29, 1.82) is 0 Å². The summed E-state index contributed by atoms with van der Waals surface area (Å²) in [6, 6.07) is 7.67. The summed E-state index contributed by atoms with van der Waals surface area (Å²) in [6.07, 6.45) is -4.25. The number of carboxylic acids is 1. The summed E-state index contributed by atoms with van der Waals surface area (Å²) in [5.74, 6) is -0.961. The van der Waals surface area contributed by atoms with Gasteiger partial charge in [-0.15, -0.1) is 0 Å². The number of hydrogen-bond acceptors (Lipinski definition) is 11. The lowest BCUT2D eigenvalue weighted by atomic mass is 10.1. The number of anilines is 2. The fraction of sp³-hybridized carbons (Fsp3) is 0.458. The van der Waals surface area contributed by atoms with E-state index >= 15 is 0 Å². The second-order valence-corrected chi connectivity index (χ2v) is 8.98. The zero-order valence-electron chi connectivity index (χ0n) is 20.7. The highest BCUT2D eigenvalue weighted by Gasteiger charge is 2.47. The number of aromatic nitrogens is 4. The number of aliphatic hydroxyl groups is 3. The molecule has 3 heterocycles. The molecule has 3 aromatic rings. The summed E-state index contributed by atoms with van der Waals surface area (Å²) in [4.78, 5) is 35.2. The molecule has 204 valence electrons. The van der Waals surface area contributed by atoms with Crippen molar-refractivity contribution in [2.45, 2.75) is 63.4 Å². The van der Waals surface area contributed by atoms with Crippen molar-refractivity contribution >= 4 is 34.8 Å².